The first-order valence-electron chi connectivity index (χ1n) is 13.0. The normalized spacial score (nSPS) is 14.1. The molecule has 0 saturated heterocycles. The SMILES string of the molecule is Cc1c(-c2cn(C(C)C)c3cc(Cc4ccnc(-c5cnn(S(=O)(=O)C6CC6)c5)n4)ncc23)cnn1CCO. The van der Waals surface area contributed by atoms with E-state index in [-0.39, 0.29) is 17.9 Å². The molecule has 0 aromatic carbocycles. The van der Waals surface area contributed by atoms with E-state index in [9.17, 15) is 13.5 Å². The van der Waals surface area contributed by atoms with Crippen molar-refractivity contribution in [2.24, 2.45) is 0 Å². The molecule has 1 saturated carbocycles. The molecule has 0 aliphatic heterocycles. The highest BCUT2D eigenvalue weighted by atomic mass is 32.2. The van der Waals surface area contributed by atoms with E-state index in [1.807, 2.05) is 30.1 Å². The number of rotatable bonds is 9. The smallest absolute Gasteiger partial charge is 0.256 e. The van der Waals surface area contributed by atoms with Crippen molar-refractivity contribution in [2.45, 2.75) is 57.9 Å². The summed E-state index contributed by atoms with van der Waals surface area (Å²) in [5.41, 5.74) is 6.33. The highest BCUT2D eigenvalue weighted by Gasteiger charge is 2.37. The van der Waals surface area contributed by atoms with Crippen LogP contribution in [0.2, 0.25) is 0 Å². The lowest BCUT2D eigenvalue weighted by Gasteiger charge is -2.10. The maximum absolute atomic E-state index is 12.5. The molecule has 0 spiro atoms. The van der Waals surface area contributed by atoms with E-state index < -0.39 is 10.0 Å². The summed E-state index contributed by atoms with van der Waals surface area (Å²) in [6.07, 6.45) is 12.4. The summed E-state index contributed by atoms with van der Waals surface area (Å²) in [6, 6.07) is 4.17. The van der Waals surface area contributed by atoms with Crippen LogP contribution in [0.1, 0.15) is 49.8 Å². The van der Waals surface area contributed by atoms with E-state index in [0.29, 0.717) is 37.2 Å². The van der Waals surface area contributed by atoms with Crippen molar-refractivity contribution in [3.8, 4) is 22.5 Å². The van der Waals surface area contributed by atoms with E-state index in [1.54, 1.807) is 6.20 Å². The second-order valence-corrected chi connectivity index (χ2v) is 12.3. The fourth-order valence-corrected chi connectivity index (χ4v) is 6.33. The lowest BCUT2D eigenvalue weighted by atomic mass is 10.1. The Kier molecular flexibility index (Phi) is 6.31. The largest absolute Gasteiger partial charge is 0.394 e. The van der Waals surface area contributed by atoms with Crippen LogP contribution < -0.4 is 0 Å². The molecule has 5 aromatic rings. The van der Waals surface area contributed by atoms with E-state index in [1.165, 1.54) is 12.4 Å². The van der Waals surface area contributed by atoms with Crippen LogP contribution in [-0.4, -0.2) is 63.9 Å². The third kappa shape index (κ3) is 4.63. The zero-order valence-corrected chi connectivity index (χ0v) is 22.9. The van der Waals surface area contributed by atoms with Gasteiger partial charge >= 0.3 is 0 Å². The third-order valence-electron chi connectivity index (χ3n) is 7.14. The van der Waals surface area contributed by atoms with Gasteiger partial charge in [0, 0.05) is 59.0 Å². The number of hydrogen-bond donors (Lipinski definition) is 1. The molecule has 1 N–H and O–H groups in total. The quantitative estimate of drug-likeness (QED) is 0.297. The molecule has 202 valence electrons. The standard InChI is InChI=1S/C27H30N8O3S/c1-17(2)33-16-25(23-14-30-34(8-9-36)18(23)3)24-13-29-21(11-26(24)33)10-20-6-7-28-27(32-20)19-12-31-35(15-19)39(37,38)22-4-5-22/h6-7,11-17,22,36H,4-5,8-10H2,1-3H3. The van der Waals surface area contributed by atoms with Gasteiger partial charge in [-0.2, -0.15) is 14.3 Å². The summed E-state index contributed by atoms with van der Waals surface area (Å²) in [7, 11) is -3.44. The van der Waals surface area contributed by atoms with Crippen LogP contribution >= 0.6 is 0 Å². The molecular weight excluding hydrogens is 516 g/mol. The molecule has 39 heavy (non-hydrogen) atoms. The highest BCUT2D eigenvalue weighted by molar-refractivity contribution is 7.90. The lowest BCUT2D eigenvalue weighted by Crippen LogP contribution is -2.17. The Morgan fingerprint density at radius 1 is 1.05 bits per heavy atom. The average molecular weight is 547 g/mol. The van der Waals surface area contributed by atoms with E-state index in [0.717, 1.165) is 43.2 Å². The summed E-state index contributed by atoms with van der Waals surface area (Å²) in [4.78, 5) is 13.8. The first-order valence-corrected chi connectivity index (χ1v) is 14.5. The molecule has 6 rings (SSSR count). The Bertz CT molecular complexity index is 1780. The lowest BCUT2D eigenvalue weighted by molar-refractivity contribution is 0.268. The molecule has 0 bridgehead atoms. The summed E-state index contributed by atoms with van der Waals surface area (Å²) in [5, 5.41) is 18.5. The third-order valence-corrected chi connectivity index (χ3v) is 9.17. The number of nitrogens with zero attached hydrogens (tertiary/aromatic N) is 8. The van der Waals surface area contributed by atoms with Gasteiger partial charge in [0.2, 0.25) is 0 Å². The van der Waals surface area contributed by atoms with Gasteiger partial charge in [0.15, 0.2) is 5.82 Å². The highest BCUT2D eigenvalue weighted by Crippen LogP contribution is 2.34. The van der Waals surface area contributed by atoms with Crippen molar-refractivity contribution in [3.05, 3.63) is 66.4 Å². The van der Waals surface area contributed by atoms with Crippen molar-refractivity contribution in [1.29, 1.82) is 0 Å². The molecule has 1 aliphatic carbocycles. The predicted molar refractivity (Wildman–Crippen MR) is 147 cm³/mol. The molecule has 1 fully saturated rings. The van der Waals surface area contributed by atoms with Crippen LogP contribution in [0, 0.1) is 6.92 Å². The minimum absolute atomic E-state index is 0.0350. The predicted octanol–water partition coefficient (Wildman–Crippen LogP) is 3.37. The van der Waals surface area contributed by atoms with Gasteiger partial charge in [-0.1, -0.05) is 0 Å². The maximum atomic E-state index is 12.5. The molecule has 0 amide bonds. The van der Waals surface area contributed by atoms with Crippen molar-refractivity contribution in [2.75, 3.05) is 6.61 Å². The first kappa shape index (κ1) is 25.4. The Balaban J connectivity index is 1.31. The minimum atomic E-state index is -3.44. The number of hydrogen-bond acceptors (Lipinski definition) is 8. The Morgan fingerprint density at radius 2 is 1.87 bits per heavy atom. The molecule has 0 atom stereocenters. The van der Waals surface area contributed by atoms with Gasteiger partial charge in [-0.25, -0.2) is 18.4 Å². The molecule has 5 heterocycles. The van der Waals surface area contributed by atoms with Crippen molar-refractivity contribution in [1.82, 2.24) is 38.5 Å². The fraction of sp³-hybridized carbons (Fsp3) is 0.370. The maximum Gasteiger partial charge on any atom is 0.256 e. The fourth-order valence-electron chi connectivity index (χ4n) is 4.85. The molecule has 0 unspecified atom stereocenters. The van der Waals surface area contributed by atoms with Crippen LogP contribution in [0.5, 0.6) is 0 Å². The van der Waals surface area contributed by atoms with Gasteiger partial charge in [0.05, 0.1) is 53.8 Å². The van der Waals surface area contributed by atoms with E-state index in [2.05, 4.69) is 50.8 Å². The molecule has 11 nitrogen and oxygen atoms in total. The van der Waals surface area contributed by atoms with Crippen molar-refractivity contribution in [3.63, 3.8) is 0 Å². The monoisotopic (exact) mass is 546 g/mol. The zero-order valence-electron chi connectivity index (χ0n) is 22.1. The molecule has 0 radical (unpaired) electrons. The molecule has 1 aliphatic rings. The van der Waals surface area contributed by atoms with Gasteiger partial charge in [-0.15, -0.1) is 0 Å². The summed E-state index contributed by atoms with van der Waals surface area (Å²) >= 11 is 0. The second-order valence-electron chi connectivity index (χ2n) is 10.2. The van der Waals surface area contributed by atoms with Gasteiger partial charge in [0.25, 0.3) is 10.0 Å². The molecule has 12 heteroatoms. The summed E-state index contributed by atoms with van der Waals surface area (Å²) in [6.45, 7) is 6.79. The Hall–Kier alpha value is -3.90. The number of fused-ring (bicyclic) bond motifs is 1. The van der Waals surface area contributed by atoms with Crippen LogP contribution in [0.15, 0.2) is 49.3 Å². The van der Waals surface area contributed by atoms with Gasteiger partial charge in [0.1, 0.15) is 0 Å². The Morgan fingerprint density at radius 3 is 2.62 bits per heavy atom. The van der Waals surface area contributed by atoms with Gasteiger partial charge in [-0.05, 0) is 45.7 Å². The average Bonchev–Trinajstić information content (AvgIpc) is 3.39. The van der Waals surface area contributed by atoms with Crippen LogP contribution in [0.25, 0.3) is 33.4 Å². The van der Waals surface area contributed by atoms with Crippen LogP contribution in [0.4, 0.5) is 0 Å². The zero-order chi connectivity index (χ0) is 27.3. The summed E-state index contributed by atoms with van der Waals surface area (Å²) < 4.78 is 30.1. The first-order chi connectivity index (χ1) is 18.8. The number of pyridine rings is 1. The number of aliphatic hydroxyl groups excluding tert-OH is 1. The van der Waals surface area contributed by atoms with Crippen LogP contribution in [-0.2, 0) is 23.0 Å². The van der Waals surface area contributed by atoms with Gasteiger partial charge in [-0.3, -0.25) is 9.67 Å². The minimum Gasteiger partial charge on any atom is -0.394 e. The second kappa shape index (κ2) is 9.69. The molecular formula is C27H30N8O3S. The van der Waals surface area contributed by atoms with Gasteiger partial charge < -0.3 is 9.67 Å². The van der Waals surface area contributed by atoms with E-state index in [4.69, 9.17) is 4.98 Å². The number of aromatic nitrogens is 8. The van der Waals surface area contributed by atoms with E-state index >= 15 is 0 Å². The molecule has 5 aromatic heterocycles. The van der Waals surface area contributed by atoms with Crippen LogP contribution in [0.3, 0.4) is 0 Å². The topological polar surface area (TPSA) is 134 Å². The Labute approximate surface area is 226 Å². The summed E-state index contributed by atoms with van der Waals surface area (Å²) in [5.74, 6) is 0.425. The van der Waals surface area contributed by atoms with Crippen molar-refractivity contribution >= 4 is 20.9 Å². The van der Waals surface area contributed by atoms with Crippen molar-refractivity contribution < 1.29 is 13.5 Å². The number of aliphatic hydroxyl groups is 1.